The molecule has 0 saturated heterocycles. The van der Waals surface area contributed by atoms with Gasteiger partial charge in [0.15, 0.2) is 5.78 Å². The minimum atomic E-state index is -1.05. The van der Waals surface area contributed by atoms with Gasteiger partial charge >= 0.3 is 0 Å². The molecule has 5 heteroatoms. The van der Waals surface area contributed by atoms with Crippen LogP contribution < -0.4 is 0 Å². The zero-order valence-electron chi connectivity index (χ0n) is 9.11. The Hall–Kier alpha value is -1.49. The SMILES string of the molecule is CCC1=Nc2cccc(F)c2C(=O)C1C(=O)S. The number of hydrogen-bond donors (Lipinski definition) is 1. The second-order valence-corrected chi connectivity index (χ2v) is 4.17. The number of hydrogen-bond acceptors (Lipinski definition) is 3. The molecule has 0 radical (unpaired) electrons. The molecular formula is C12H10FNO2S. The maximum absolute atomic E-state index is 13.6. The highest BCUT2D eigenvalue weighted by atomic mass is 32.1. The summed E-state index contributed by atoms with van der Waals surface area (Å²) in [5.74, 6) is -2.25. The van der Waals surface area contributed by atoms with E-state index in [1.807, 2.05) is 0 Å². The van der Waals surface area contributed by atoms with Gasteiger partial charge in [-0.3, -0.25) is 14.6 Å². The molecule has 1 aromatic carbocycles. The van der Waals surface area contributed by atoms with Crippen LogP contribution in [0.1, 0.15) is 23.7 Å². The van der Waals surface area contributed by atoms with Gasteiger partial charge in [0.05, 0.1) is 11.3 Å². The number of nitrogens with zero attached hydrogens (tertiary/aromatic N) is 1. The third-order valence-electron chi connectivity index (χ3n) is 2.71. The van der Waals surface area contributed by atoms with Crippen LogP contribution in [0.25, 0.3) is 0 Å². The highest BCUT2D eigenvalue weighted by Crippen LogP contribution is 2.32. The fourth-order valence-corrected chi connectivity index (χ4v) is 2.17. The third-order valence-corrected chi connectivity index (χ3v) is 2.96. The number of thiol groups is 1. The van der Waals surface area contributed by atoms with Crippen LogP contribution in [0.5, 0.6) is 0 Å². The first kappa shape index (κ1) is 12.0. The van der Waals surface area contributed by atoms with Gasteiger partial charge in [0.2, 0.25) is 5.12 Å². The average molecular weight is 251 g/mol. The summed E-state index contributed by atoms with van der Waals surface area (Å²) in [6.45, 7) is 1.79. The van der Waals surface area contributed by atoms with Crippen molar-refractivity contribution in [3.05, 3.63) is 29.6 Å². The molecule has 0 saturated carbocycles. The van der Waals surface area contributed by atoms with Crippen molar-refractivity contribution in [2.45, 2.75) is 13.3 Å². The Morgan fingerprint density at radius 2 is 2.24 bits per heavy atom. The van der Waals surface area contributed by atoms with Crippen LogP contribution in [0, 0.1) is 11.7 Å². The summed E-state index contributed by atoms with van der Waals surface area (Å²) in [7, 11) is 0. The smallest absolute Gasteiger partial charge is 0.202 e. The van der Waals surface area contributed by atoms with E-state index in [0.717, 1.165) is 0 Å². The quantitative estimate of drug-likeness (QED) is 0.648. The maximum Gasteiger partial charge on any atom is 0.202 e. The van der Waals surface area contributed by atoms with Gasteiger partial charge < -0.3 is 0 Å². The number of carbonyl (C=O) groups is 2. The zero-order chi connectivity index (χ0) is 12.6. The Labute approximate surface area is 103 Å². The molecule has 2 rings (SSSR count). The van der Waals surface area contributed by atoms with E-state index >= 15 is 0 Å². The molecule has 1 atom stereocenters. The van der Waals surface area contributed by atoms with Gasteiger partial charge in [-0.05, 0) is 18.6 Å². The second kappa shape index (κ2) is 4.41. The van der Waals surface area contributed by atoms with Gasteiger partial charge in [0, 0.05) is 5.71 Å². The van der Waals surface area contributed by atoms with Crippen molar-refractivity contribution >= 4 is 34.9 Å². The second-order valence-electron chi connectivity index (χ2n) is 3.73. The maximum atomic E-state index is 13.6. The number of halogens is 1. The van der Waals surface area contributed by atoms with Crippen molar-refractivity contribution in [2.24, 2.45) is 10.9 Å². The number of carbonyl (C=O) groups excluding carboxylic acids is 2. The van der Waals surface area contributed by atoms with Crippen LogP contribution >= 0.6 is 12.6 Å². The van der Waals surface area contributed by atoms with Gasteiger partial charge in [-0.1, -0.05) is 13.0 Å². The van der Waals surface area contributed by atoms with Crippen molar-refractivity contribution in [1.82, 2.24) is 0 Å². The molecule has 0 N–H and O–H groups in total. The van der Waals surface area contributed by atoms with E-state index in [4.69, 9.17) is 0 Å². The molecule has 0 amide bonds. The highest BCUT2D eigenvalue weighted by Gasteiger charge is 2.36. The molecular weight excluding hydrogens is 241 g/mol. The van der Waals surface area contributed by atoms with Crippen molar-refractivity contribution in [3.8, 4) is 0 Å². The van der Waals surface area contributed by atoms with E-state index in [1.54, 1.807) is 13.0 Å². The van der Waals surface area contributed by atoms with Crippen molar-refractivity contribution in [3.63, 3.8) is 0 Å². The Morgan fingerprint density at radius 3 is 2.82 bits per heavy atom. The molecule has 1 aliphatic rings. The molecule has 0 bridgehead atoms. The molecule has 17 heavy (non-hydrogen) atoms. The zero-order valence-corrected chi connectivity index (χ0v) is 10.00. The largest absolute Gasteiger partial charge is 0.293 e. The molecule has 0 aliphatic carbocycles. The Morgan fingerprint density at radius 1 is 1.53 bits per heavy atom. The summed E-state index contributed by atoms with van der Waals surface area (Å²) < 4.78 is 13.6. The summed E-state index contributed by atoms with van der Waals surface area (Å²) >= 11 is 3.68. The predicted octanol–water partition coefficient (Wildman–Crippen LogP) is 2.58. The Kier molecular flexibility index (Phi) is 3.11. The summed E-state index contributed by atoms with van der Waals surface area (Å²) in [6, 6.07) is 4.23. The fourth-order valence-electron chi connectivity index (χ4n) is 1.90. The van der Waals surface area contributed by atoms with Gasteiger partial charge in [0.25, 0.3) is 0 Å². The molecule has 88 valence electrons. The standard InChI is InChI=1S/C12H10FNO2S/c1-2-7-10(12(16)17)11(15)9-6(13)4-3-5-8(9)14-7/h3-5,10H,2H2,1H3,(H,16,17). The molecule has 1 aromatic rings. The molecule has 1 heterocycles. The molecule has 1 aliphatic heterocycles. The molecule has 0 fully saturated rings. The lowest BCUT2D eigenvalue weighted by Gasteiger charge is -2.20. The minimum absolute atomic E-state index is 0.114. The van der Waals surface area contributed by atoms with Crippen LogP contribution in [0.15, 0.2) is 23.2 Å². The summed E-state index contributed by atoms with van der Waals surface area (Å²) in [5.41, 5.74) is 0.614. The number of fused-ring (bicyclic) bond motifs is 1. The van der Waals surface area contributed by atoms with Crippen LogP contribution in [-0.2, 0) is 4.79 Å². The van der Waals surface area contributed by atoms with Crippen LogP contribution in [0.3, 0.4) is 0 Å². The van der Waals surface area contributed by atoms with E-state index in [-0.39, 0.29) is 11.3 Å². The van der Waals surface area contributed by atoms with Crippen molar-refractivity contribution in [2.75, 3.05) is 0 Å². The summed E-state index contributed by atoms with van der Waals surface area (Å²) in [6.07, 6.45) is 0.457. The van der Waals surface area contributed by atoms with E-state index in [0.29, 0.717) is 12.1 Å². The minimum Gasteiger partial charge on any atom is -0.293 e. The average Bonchev–Trinajstić information content (AvgIpc) is 2.27. The lowest BCUT2D eigenvalue weighted by atomic mass is 9.88. The number of Topliss-reactive ketones (excluding diaryl/α,β-unsaturated/α-hetero) is 1. The third kappa shape index (κ3) is 1.91. The van der Waals surface area contributed by atoms with Gasteiger partial charge in [-0.25, -0.2) is 4.39 Å². The van der Waals surface area contributed by atoms with Gasteiger partial charge in [0.1, 0.15) is 11.7 Å². The monoisotopic (exact) mass is 251 g/mol. The van der Waals surface area contributed by atoms with E-state index in [9.17, 15) is 14.0 Å². The fraction of sp³-hybridized carbons (Fsp3) is 0.250. The first-order chi connectivity index (χ1) is 8.06. The van der Waals surface area contributed by atoms with E-state index in [1.165, 1.54) is 12.1 Å². The first-order valence-electron chi connectivity index (χ1n) is 5.19. The lowest BCUT2D eigenvalue weighted by molar-refractivity contribution is -0.111. The molecule has 1 unspecified atom stereocenters. The van der Waals surface area contributed by atoms with Gasteiger partial charge in [-0.15, -0.1) is 12.6 Å². The van der Waals surface area contributed by atoms with E-state index < -0.39 is 22.6 Å². The highest BCUT2D eigenvalue weighted by molar-refractivity contribution is 7.96. The number of aliphatic imine (C=N–C) groups is 1. The number of ketones is 1. The summed E-state index contributed by atoms with van der Waals surface area (Å²) in [4.78, 5) is 27.6. The Balaban J connectivity index is 2.65. The van der Waals surface area contributed by atoms with Crippen LogP contribution in [-0.4, -0.2) is 16.6 Å². The van der Waals surface area contributed by atoms with E-state index in [2.05, 4.69) is 17.6 Å². The normalized spacial score (nSPS) is 18.6. The van der Waals surface area contributed by atoms with Gasteiger partial charge in [-0.2, -0.15) is 0 Å². The molecule has 0 spiro atoms. The lowest BCUT2D eigenvalue weighted by Crippen LogP contribution is -2.32. The van der Waals surface area contributed by atoms with Crippen LogP contribution in [0.4, 0.5) is 10.1 Å². The molecule has 3 nitrogen and oxygen atoms in total. The number of benzene rings is 1. The molecule has 0 aromatic heterocycles. The van der Waals surface area contributed by atoms with Crippen molar-refractivity contribution < 1.29 is 14.0 Å². The van der Waals surface area contributed by atoms with Crippen molar-refractivity contribution in [1.29, 1.82) is 0 Å². The number of rotatable bonds is 2. The summed E-state index contributed by atoms with van der Waals surface area (Å²) in [5, 5.41) is -0.593. The Bertz CT molecular complexity index is 539. The first-order valence-corrected chi connectivity index (χ1v) is 5.64. The van der Waals surface area contributed by atoms with Crippen LogP contribution in [0.2, 0.25) is 0 Å². The topological polar surface area (TPSA) is 46.5 Å². The predicted molar refractivity (Wildman–Crippen MR) is 65.6 cm³/mol.